The zero-order valence-electron chi connectivity index (χ0n) is 9.94. The molecular weight excluding hydrogens is 286 g/mol. The molecule has 0 saturated carbocycles. The molecule has 0 aliphatic heterocycles. The van der Waals surface area contributed by atoms with Crippen molar-refractivity contribution in [2.24, 2.45) is 0 Å². The van der Waals surface area contributed by atoms with E-state index in [2.05, 4.69) is 5.32 Å². The summed E-state index contributed by atoms with van der Waals surface area (Å²) in [5.41, 5.74) is 0.968. The van der Waals surface area contributed by atoms with E-state index in [0.717, 1.165) is 11.3 Å². The number of aryl methyl sites for hydroxylation is 1. The summed E-state index contributed by atoms with van der Waals surface area (Å²) in [4.78, 5) is 23.6. The molecule has 0 fully saturated rings. The van der Waals surface area contributed by atoms with Gasteiger partial charge in [0.2, 0.25) is 0 Å². The van der Waals surface area contributed by atoms with Gasteiger partial charge in [0, 0.05) is 0 Å². The molecule has 98 valence electrons. The standard InChI is InChI=1S/C13H10ClNO3S/c1-7-3-2-4-8(11(7)13(17)18)15-12(16)9-5-6-10(14)19-9/h2-6H,1H3,(H,15,16)(H,17,18). The van der Waals surface area contributed by atoms with Crippen LogP contribution in [0.15, 0.2) is 30.3 Å². The molecule has 0 bridgehead atoms. The van der Waals surface area contributed by atoms with Crippen molar-refractivity contribution in [2.75, 3.05) is 5.32 Å². The molecule has 2 rings (SSSR count). The van der Waals surface area contributed by atoms with Crippen LogP contribution in [0.4, 0.5) is 5.69 Å². The third-order valence-corrected chi connectivity index (χ3v) is 3.76. The van der Waals surface area contributed by atoms with Gasteiger partial charge in [-0.1, -0.05) is 23.7 Å². The van der Waals surface area contributed by atoms with E-state index in [9.17, 15) is 9.59 Å². The first-order valence-corrected chi connectivity index (χ1v) is 6.58. The highest BCUT2D eigenvalue weighted by Crippen LogP contribution is 2.24. The van der Waals surface area contributed by atoms with Crippen LogP contribution in [-0.2, 0) is 0 Å². The SMILES string of the molecule is Cc1cccc(NC(=O)c2ccc(Cl)s2)c1C(=O)O. The Labute approximate surface area is 118 Å². The van der Waals surface area contributed by atoms with Gasteiger partial charge in [-0.2, -0.15) is 0 Å². The highest BCUT2D eigenvalue weighted by Gasteiger charge is 2.16. The number of carbonyl (C=O) groups is 2. The normalized spacial score (nSPS) is 10.2. The Hall–Kier alpha value is -1.85. The lowest BCUT2D eigenvalue weighted by molar-refractivity contribution is 0.0697. The second-order valence-corrected chi connectivity index (χ2v) is 5.58. The van der Waals surface area contributed by atoms with Crippen LogP contribution >= 0.6 is 22.9 Å². The van der Waals surface area contributed by atoms with Crippen molar-refractivity contribution in [3.63, 3.8) is 0 Å². The van der Waals surface area contributed by atoms with Crippen molar-refractivity contribution < 1.29 is 14.7 Å². The number of carboxylic acid groups (broad SMARTS) is 1. The smallest absolute Gasteiger partial charge is 0.338 e. The zero-order valence-corrected chi connectivity index (χ0v) is 11.5. The maximum Gasteiger partial charge on any atom is 0.338 e. The van der Waals surface area contributed by atoms with E-state index in [1.807, 2.05) is 0 Å². The number of nitrogens with one attached hydrogen (secondary N) is 1. The monoisotopic (exact) mass is 295 g/mol. The molecule has 4 nitrogen and oxygen atoms in total. The second kappa shape index (κ2) is 5.42. The molecule has 1 heterocycles. The lowest BCUT2D eigenvalue weighted by Gasteiger charge is -2.09. The molecule has 1 aromatic heterocycles. The molecular formula is C13H10ClNO3S. The molecule has 1 aromatic carbocycles. The molecule has 2 N–H and O–H groups in total. The Bertz CT molecular complexity index is 651. The van der Waals surface area contributed by atoms with Gasteiger partial charge in [0.15, 0.2) is 0 Å². The lowest BCUT2D eigenvalue weighted by Crippen LogP contribution is -2.14. The van der Waals surface area contributed by atoms with Gasteiger partial charge >= 0.3 is 5.97 Å². The van der Waals surface area contributed by atoms with Gasteiger partial charge in [0.05, 0.1) is 20.5 Å². The third kappa shape index (κ3) is 2.94. The number of anilines is 1. The predicted molar refractivity (Wildman–Crippen MR) is 75.4 cm³/mol. The average molecular weight is 296 g/mol. The van der Waals surface area contributed by atoms with E-state index in [1.54, 1.807) is 37.3 Å². The van der Waals surface area contributed by atoms with Crippen molar-refractivity contribution in [3.8, 4) is 0 Å². The Morgan fingerprint density at radius 2 is 2.00 bits per heavy atom. The predicted octanol–water partition coefficient (Wildman–Crippen LogP) is 3.66. The number of carboxylic acids is 1. The summed E-state index contributed by atoms with van der Waals surface area (Å²) in [5.74, 6) is -1.44. The molecule has 0 spiro atoms. The second-order valence-electron chi connectivity index (χ2n) is 3.86. The first-order valence-electron chi connectivity index (χ1n) is 5.38. The van der Waals surface area contributed by atoms with Crippen LogP contribution in [0.1, 0.15) is 25.6 Å². The number of benzene rings is 1. The van der Waals surface area contributed by atoms with E-state index in [4.69, 9.17) is 16.7 Å². The van der Waals surface area contributed by atoms with Gasteiger partial charge in [0.25, 0.3) is 5.91 Å². The topological polar surface area (TPSA) is 66.4 Å². The number of hydrogen-bond donors (Lipinski definition) is 2. The number of hydrogen-bond acceptors (Lipinski definition) is 3. The van der Waals surface area contributed by atoms with Gasteiger partial charge in [-0.15, -0.1) is 11.3 Å². The van der Waals surface area contributed by atoms with Crippen molar-refractivity contribution >= 4 is 40.5 Å². The maximum absolute atomic E-state index is 12.0. The van der Waals surface area contributed by atoms with Crippen molar-refractivity contribution in [2.45, 2.75) is 6.92 Å². The summed E-state index contributed by atoms with van der Waals surface area (Å²) in [5, 5.41) is 11.8. The van der Waals surface area contributed by atoms with E-state index in [-0.39, 0.29) is 17.2 Å². The van der Waals surface area contributed by atoms with E-state index >= 15 is 0 Å². The summed E-state index contributed by atoms with van der Waals surface area (Å²) in [6, 6.07) is 8.15. The number of aromatic carboxylic acids is 1. The molecule has 0 unspecified atom stereocenters. The maximum atomic E-state index is 12.0. The Balaban J connectivity index is 2.31. The Morgan fingerprint density at radius 3 is 2.58 bits per heavy atom. The number of halogens is 1. The quantitative estimate of drug-likeness (QED) is 0.908. The van der Waals surface area contributed by atoms with Crippen LogP contribution < -0.4 is 5.32 Å². The van der Waals surface area contributed by atoms with Crippen molar-refractivity contribution in [1.29, 1.82) is 0 Å². The van der Waals surface area contributed by atoms with Crippen LogP contribution in [0.2, 0.25) is 4.34 Å². The highest BCUT2D eigenvalue weighted by atomic mass is 35.5. The fourth-order valence-corrected chi connectivity index (χ4v) is 2.61. The first kappa shape index (κ1) is 13.6. The molecule has 19 heavy (non-hydrogen) atoms. The summed E-state index contributed by atoms with van der Waals surface area (Å²) >= 11 is 6.90. The minimum absolute atomic E-state index is 0.0958. The third-order valence-electron chi connectivity index (χ3n) is 2.53. The van der Waals surface area contributed by atoms with Crippen LogP contribution in [0.3, 0.4) is 0 Å². The average Bonchev–Trinajstić information content (AvgIpc) is 2.75. The van der Waals surface area contributed by atoms with E-state index in [1.165, 1.54) is 0 Å². The molecule has 0 aliphatic carbocycles. The largest absolute Gasteiger partial charge is 0.478 e. The van der Waals surface area contributed by atoms with Crippen molar-refractivity contribution in [1.82, 2.24) is 0 Å². The van der Waals surface area contributed by atoms with Gasteiger partial charge < -0.3 is 10.4 Å². The molecule has 0 aliphatic rings. The summed E-state index contributed by atoms with van der Waals surface area (Å²) in [7, 11) is 0. The van der Waals surface area contributed by atoms with Gasteiger partial charge in [-0.3, -0.25) is 4.79 Å². The number of thiophene rings is 1. The van der Waals surface area contributed by atoms with Gasteiger partial charge in [-0.05, 0) is 30.7 Å². The summed E-state index contributed by atoms with van der Waals surface area (Å²) < 4.78 is 0.507. The molecule has 0 saturated heterocycles. The Morgan fingerprint density at radius 1 is 1.26 bits per heavy atom. The molecule has 0 radical (unpaired) electrons. The number of rotatable bonds is 3. The molecule has 0 atom stereocenters. The first-order chi connectivity index (χ1) is 8.99. The fourth-order valence-electron chi connectivity index (χ4n) is 1.68. The Kier molecular flexibility index (Phi) is 3.87. The minimum Gasteiger partial charge on any atom is -0.478 e. The van der Waals surface area contributed by atoms with E-state index < -0.39 is 5.97 Å². The van der Waals surface area contributed by atoms with E-state index in [0.29, 0.717) is 14.8 Å². The zero-order chi connectivity index (χ0) is 14.0. The van der Waals surface area contributed by atoms with Crippen molar-refractivity contribution in [3.05, 3.63) is 50.7 Å². The van der Waals surface area contributed by atoms with Crippen LogP contribution in [-0.4, -0.2) is 17.0 Å². The fraction of sp³-hybridized carbons (Fsp3) is 0.0769. The highest BCUT2D eigenvalue weighted by molar-refractivity contribution is 7.18. The van der Waals surface area contributed by atoms with Crippen LogP contribution in [0.25, 0.3) is 0 Å². The molecule has 2 aromatic rings. The minimum atomic E-state index is -1.07. The lowest BCUT2D eigenvalue weighted by atomic mass is 10.1. The van der Waals surface area contributed by atoms with Crippen LogP contribution in [0.5, 0.6) is 0 Å². The molecule has 6 heteroatoms. The summed E-state index contributed by atoms with van der Waals surface area (Å²) in [6.07, 6.45) is 0. The van der Waals surface area contributed by atoms with Crippen LogP contribution in [0, 0.1) is 6.92 Å². The van der Waals surface area contributed by atoms with Gasteiger partial charge in [-0.25, -0.2) is 4.79 Å². The number of carbonyl (C=O) groups excluding carboxylic acids is 1. The summed E-state index contributed by atoms with van der Waals surface area (Å²) in [6.45, 7) is 1.68. The van der Waals surface area contributed by atoms with Gasteiger partial charge in [0.1, 0.15) is 0 Å². The number of amides is 1. The molecule has 1 amide bonds.